The van der Waals surface area contributed by atoms with E-state index in [4.69, 9.17) is 0 Å². The molecule has 2 unspecified atom stereocenters. The Kier molecular flexibility index (Phi) is 22.1. The molecule has 0 amide bonds. The number of rotatable bonds is 23. The Morgan fingerprint density at radius 1 is 0.485 bits per heavy atom. The van der Waals surface area contributed by atoms with Crippen molar-refractivity contribution >= 4 is 0 Å². The summed E-state index contributed by atoms with van der Waals surface area (Å²) in [5.41, 5.74) is 11.3. The number of hydrogen-bond acceptors (Lipinski definition) is 4. The molecule has 0 aliphatic heterocycles. The summed E-state index contributed by atoms with van der Waals surface area (Å²) in [6.45, 7) is 30.3. The average Bonchev–Trinajstić information content (AvgIpc) is 3.29. The molecule has 4 rings (SSSR count). The second-order valence-corrected chi connectivity index (χ2v) is 21.1. The molecule has 0 radical (unpaired) electrons. The standard InChI is InChI=1S/C31H48O2.C31H44O2/c2*1-8-11-12-13-20-30(6,7)29(33)19-15-25-14-16-26(21-23(25)4)31(9-2,10-3)27-17-18-28(32)24(5)22-27/h14,16-18,21-22,29,32-33H,8-13,15,19-20H2,1-7H3;14,16-18,21-22,29,32-33H,8-13,20H2,1-7H3. The van der Waals surface area contributed by atoms with Crippen molar-refractivity contribution in [3.05, 3.63) is 128 Å². The lowest BCUT2D eigenvalue weighted by Crippen LogP contribution is -2.30. The number of aryl methyl sites for hydroxylation is 5. The van der Waals surface area contributed by atoms with Gasteiger partial charge in [-0.1, -0.05) is 187 Å². The van der Waals surface area contributed by atoms with Gasteiger partial charge in [0.25, 0.3) is 0 Å². The maximum atomic E-state index is 10.9. The van der Waals surface area contributed by atoms with E-state index in [1.54, 1.807) is 0 Å². The highest BCUT2D eigenvalue weighted by Gasteiger charge is 2.33. The molecule has 0 spiro atoms. The maximum absolute atomic E-state index is 10.9. The van der Waals surface area contributed by atoms with Crippen molar-refractivity contribution in [1.82, 2.24) is 0 Å². The van der Waals surface area contributed by atoms with Crippen LogP contribution in [0.15, 0.2) is 72.8 Å². The van der Waals surface area contributed by atoms with E-state index < -0.39 is 6.10 Å². The van der Waals surface area contributed by atoms with Gasteiger partial charge < -0.3 is 20.4 Å². The fourth-order valence-electron chi connectivity index (χ4n) is 10.1. The zero-order chi connectivity index (χ0) is 49.3. The number of benzene rings is 4. The minimum Gasteiger partial charge on any atom is -0.508 e. The van der Waals surface area contributed by atoms with Crippen molar-refractivity contribution in [2.24, 2.45) is 10.8 Å². The first kappa shape index (κ1) is 56.3. The number of aromatic hydroxyl groups is 2. The average molecular weight is 901 g/mol. The third-order valence-corrected chi connectivity index (χ3v) is 15.6. The van der Waals surface area contributed by atoms with Crippen molar-refractivity contribution in [3.63, 3.8) is 0 Å². The minimum absolute atomic E-state index is 0.0299. The maximum Gasteiger partial charge on any atom is 0.120 e. The van der Waals surface area contributed by atoms with Crippen LogP contribution in [0.25, 0.3) is 0 Å². The summed E-state index contributed by atoms with van der Waals surface area (Å²) in [6.07, 6.45) is 16.7. The van der Waals surface area contributed by atoms with E-state index in [0.29, 0.717) is 11.5 Å². The Labute approximate surface area is 404 Å². The Morgan fingerprint density at radius 2 is 0.894 bits per heavy atom. The van der Waals surface area contributed by atoms with E-state index in [1.165, 1.54) is 78.3 Å². The lowest BCUT2D eigenvalue weighted by Gasteiger charge is -2.34. The van der Waals surface area contributed by atoms with Gasteiger partial charge in [-0.15, -0.1) is 0 Å². The van der Waals surface area contributed by atoms with Gasteiger partial charge in [0.2, 0.25) is 0 Å². The number of unbranched alkanes of at least 4 members (excludes halogenated alkanes) is 6. The highest BCUT2D eigenvalue weighted by Crippen LogP contribution is 2.43. The van der Waals surface area contributed by atoms with E-state index in [0.717, 1.165) is 80.0 Å². The van der Waals surface area contributed by atoms with Crippen LogP contribution >= 0.6 is 0 Å². The van der Waals surface area contributed by atoms with E-state index in [-0.39, 0.29) is 27.8 Å². The molecule has 0 saturated heterocycles. The minimum atomic E-state index is -0.636. The predicted octanol–water partition coefficient (Wildman–Crippen LogP) is 16.2. The van der Waals surface area contributed by atoms with E-state index in [1.807, 2.05) is 26.0 Å². The van der Waals surface area contributed by atoms with Crippen LogP contribution in [0.5, 0.6) is 11.5 Å². The number of hydrogen-bond donors (Lipinski definition) is 4. The summed E-state index contributed by atoms with van der Waals surface area (Å²) in [7, 11) is 0. The monoisotopic (exact) mass is 901 g/mol. The molecule has 4 aromatic carbocycles. The molecule has 364 valence electrons. The Bertz CT molecular complexity index is 2150. The summed E-state index contributed by atoms with van der Waals surface area (Å²) < 4.78 is 0. The SMILES string of the molecule is CCCCCCC(C)(C)C(O)C#Cc1ccc(C(CC)(CC)c2ccc(O)c(C)c2)cc1C.CCCCCCC(C)(C)C(O)CCc1ccc(C(CC)(CC)c2ccc(O)c(C)c2)cc1C. The molecule has 0 saturated carbocycles. The summed E-state index contributed by atoms with van der Waals surface area (Å²) in [5.74, 6) is 7.09. The molecule has 4 nitrogen and oxygen atoms in total. The van der Waals surface area contributed by atoms with Crippen LogP contribution < -0.4 is 0 Å². The van der Waals surface area contributed by atoms with Gasteiger partial charge in [0.05, 0.1) is 6.10 Å². The van der Waals surface area contributed by atoms with Gasteiger partial charge in [0.15, 0.2) is 0 Å². The highest BCUT2D eigenvalue weighted by atomic mass is 16.3. The van der Waals surface area contributed by atoms with Crippen LogP contribution in [-0.2, 0) is 17.3 Å². The van der Waals surface area contributed by atoms with Crippen LogP contribution in [0, 0.1) is 50.4 Å². The second kappa shape index (κ2) is 25.9. The van der Waals surface area contributed by atoms with Crippen molar-refractivity contribution in [2.75, 3.05) is 0 Å². The second-order valence-electron chi connectivity index (χ2n) is 21.1. The predicted molar refractivity (Wildman–Crippen MR) is 283 cm³/mol. The van der Waals surface area contributed by atoms with Crippen molar-refractivity contribution in [1.29, 1.82) is 0 Å². The zero-order valence-corrected chi connectivity index (χ0v) is 44.2. The van der Waals surface area contributed by atoms with E-state index in [2.05, 4.69) is 156 Å². The van der Waals surface area contributed by atoms with Gasteiger partial charge in [-0.2, -0.15) is 0 Å². The molecule has 0 aliphatic rings. The first-order chi connectivity index (χ1) is 31.2. The lowest BCUT2D eigenvalue weighted by atomic mass is 9.69. The number of aliphatic hydroxyl groups excluding tert-OH is 2. The van der Waals surface area contributed by atoms with Crippen LogP contribution in [0.2, 0.25) is 0 Å². The largest absolute Gasteiger partial charge is 0.508 e. The molecule has 0 heterocycles. The van der Waals surface area contributed by atoms with Gasteiger partial charge >= 0.3 is 0 Å². The van der Waals surface area contributed by atoms with Crippen LogP contribution in [0.4, 0.5) is 0 Å². The molecule has 0 aliphatic carbocycles. The summed E-state index contributed by atoms with van der Waals surface area (Å²) in [4.78, 5) is 0. The van der Waals surface area contributed by atoms with Gasteiger partial charge in [-0.05, 0) is 153 Å². The topological polar surface area (TPSA) is 80.9 Å². The first-order valence-electron chi connectivity index (χ1n) is 25.9. The van der Waals surface area contributed by atoms with Crippen LogP contribution in [0.1, 0.15) is 221 Å². The van der Waals surface area contributed by atoms with Gasteiger partial charge in [0.1, 0.15) is 17.6 Å². The molecule has 0 aromatic heterocycles. The molecule has 4 N–H and O–H groups in total. The molecule has 66 heavy (non-hydrogen) atoms. The third kappa shape index (κ3) is 14.5. The summed E-state index contributed by atoms with van der Waals surface area (Å²) in [6, 6.07) is 25.5. The zero-order valence-electron chi connectivity index (χ0n) is 44.2. The summed E-state index contributed by atoms with van der Waals surface area (Å²) >= 11 is 0. The molecular formula is C62H92O4. The Hall–Kier alpha value is -4.04. The molecular weight excluding hydrogens is 809 g/mol. The fraction of sp³-hybridized carbons (Fsp3) is 0.581. The lowest BCUT2D eigenvalue weighted by molar-refractivity contribution is 0.0356. The number of phenolic OH excluding ortho intramolecular Hbond substituents is 2. The first-order valence-corrected chi connectivity index (χ1v) is 25.9. The van der Waals surface area contributed by atoms with Crippen molar-refractivity contribution < 1.29 is 20.4 Å². The third-order valence-electron chi connectivity index (χ3n) is 15.6. The summed E-state index contributed by atoms with van der Waals surface area (Å²) in [5, 5.41) is 41.7. The van der Waals surface area contributed by atoms with Gasteiger partial charge in [-0.3, -0.25) is 0 Å². The molecule has 0 bridgehead atoms. The molecule has 2 atom stereocenters. The molecule has 0 fully saturated rings. The normalized spacial score (nSPS) is 13.1. The molecule has 4 heteroatoms. The number of phenols is 2. The Morgan fingerprint density at radius 3 is 1.30 bits per heavy atom. The van der Waals surface area contributed by atoms with Crippen molar-refractivity contribution in [2.45, 2.75) is 223 Å². The molecule has 4 aromatic rings. The van der Waals surface area contributed by atoms with Crippen LogP contribution in [0.3, 0.4) is 0 Å². The van der Waals surface area contributed by atoms with Gasteiger partial charge in [0, 0.05) is 21.8 Å². The quantitative estimate of drug-likeness (QED) is 0.0442. The van der Waals surface area contributed by atoms with Gasteiger partial charge in [-0.25, -0.2) is 0 Å². The highest BCUT2D eigenvalue weighted by molar-refractivity contribution is 5.50. The number of aliphatic hydroxyl groups is 2. The van der Waals surface area contributed by atoms with E-state index in [9.17, 15) is 20.4 Å². The Balaban J connectivity index is 0.000000350. The van der Waals surface area contributed by atoms with Crippen molar-refractivity contribution in [3.8, 4) is 23.3 Å². The van der Waals surface area contributed by atoms with E-state index >= 15 is 0 Å². The smallest absolute Gasteiger partial charge is 0.120 e. The van der Waals surface area contributed by atoms with Crippen LogP contribution in [-0.4, -0.2) is 32.6 Å². The fourth-order valence-corrected chi connectivity index (χ4v) is 10.1.